The van der Waals surface area contributed by atoms with Gasteiger partial charge in [0.25, 0.3) is 0 Å². The van der Waals surface area contributed by atoms with Gasteiger partial charge in [-0.2, -0.15) is 8.42 Å². The van der Waals surface area contributed by atoms with Crippen LogP contribution >= 0.6 is 11.6 Å². The molecule has 8 heteroatoms. The van der Waals surface area contributed by atoms with Gasteiger partial charge in [-0.15, -0.1) is 0 Å². The molecule has 0 saturated carbocycles. The first kappa shape index (κ1) is 12.8. The number of allylic oxidation sites excluding steroid dienone is 3. The molecular weight excluding hydrogens is 280 g/mol. The van der Waals surface area contributed by atoms with Crippen LogP contribution in [-0.4, -0.2) is 47.6 Å². The second kappa shape index (κ2) is 4.95. The molecule has 2 rings (SSSR count). The van der Waals surface area contributed by atoms with E-state index < -0.39 is 21.7 Å². The van der Waals surface area contributed by atoms with Crippen LogP contribution in [0.2, 0.25) is 0 Å². The number of hydrogen-bond acceptors (Lipinski definition) is 4. The van der Waals surface area contributed by atoms with Gasteiger partial charge in [-0.1, -0.05) is 6.08 Å². The first-order valence-electron chi connectivity index (χ1n) is 5.12. The Bertz CT molecular complexity index is 597. The van der Waals surface area contributed by atoms with Crippen LogP contribution in [0.5, 0.6) is 0 Å². The Morgan fingerprint density at radius 3 is 2.44 bits per heavy atom. The van der Waals surface area contributed by atoms with Crippen molar-refractivity contribution >= 4 is 38.2 Å². The van der Waals surface area contributed by atoms with Crippen molar-refractivity contribution in [3.8, 4) is 0 Å². The summed E-state index contributed by atoms with van der Waals surface area (Å²) >= 11 is 5.26. The van der Waals surface area contributed by atoms with Crippen molar-refractivity contribution in [3.63, 3.8) is 0 Å². The fraction of sp³-hybridized carbons (Fsp3) is 0.300. The second-order valence-electron chi connectivity index (χ2n) is 3.71. The Morgan fingerprint density at radius 1 is 1.28 bits per heavy atom. The molecule has 0 N–H and O–H groups in total. The molecule has 0 aromatic rings. The molecule has 0 aromatic heterocycles. The van der Waals surface area contributed by atoms with Gasteiger partial charge in [0.2, 0.25) is 10.3 Å². The zero-order valence-electron chi connectivity index (χ0n) is 9.17. The molecule has 3 amide bonds. The molecule has 18 heavy (non-hydrogen) atoms. The van der Waals surface area contributed by atoms with Crippen molar-refractivity contribution in [2.24, 2.45) is 0 Å². The van der Waals surface area contributed by atoms with Crippen LogP contribution in [0.15, 0.2) is 23.9 Å². The van der Waals surface area contributed by atoms with Gasteiger partial charge in [0.15, 0.2) is 0 Å². The molecule has 0 unspecified atom stereocenters. The van der Waals surface area contributed by atoms with E-state index in [4.69, 9.17) is 11.6 Å². The number of carbonyl (C=O) groups excluding carboxylic acids is 2. The Hall–Kier alpha value is -1.60. The molecule has 96 valence electrons. The van der Waals surface area contributed by atoms with Crippen molar-refractivity contribution in [2.75, 3.05) is 13.1 Å². The first-order valence-corrected chi connectivity index (χ1v) is 6.58. The fourth-order valence-corrected chi connectivity index (χ4v) is 2.34. The minimum atomic E-state index is -2.25. The van der Waals surface area contributed by atoms with Crippen molar-refractivity contribution in [1.29, 1.82) is 0 Å². The quantitative estimate of drug-likeness (QED) is 0.409. The summed E-state index contributed by atoms with van der Waals surface area (Å²) in [6.07, 6.45) is 4.84. The molecule has 0 bridgehead atoms. The molecule has 1 saturated heterocycles. The van der Waals surface area contributed by atoms with Gasteiger partial charge in [-0.3, -0.25) is 9.69 Å². The summed E-state index contributed by atoms with van der Waals surface area (Å²) in [5.74, 6) is 0. The molecule has 1 aliphatic heterocycles. The van der Waals surface area contributed by atoms with E-state index in [1.165, 1.54) is 17.1 Å². The summed E-state index contributed by atoms with van der Waals surface area (Å²) < 4.78 is 21.4. The molecule has 1 heterocycles. The van der Waals surface area contributed by atoms with Crippen LogP contribution in [0.1, 0.15) is 6.42 Å². The average molecular weight is 289 g/mol. The second-order valence-corrected chi connectivity index (χ2v) is 5.02. The smallest absolute Gasteiger partial charge is 0.292 e. The topological polar surface area (TPSA) is 74.8 Å². The molecule has 0 atom stereocenters. The summed E-state index contributed by atoms with van der Waals surface area (Å²) in [4.78, 5) is 25.3. The van der Waals surface area contributed by atoms with Crippen molar-refractivity contribution in [1.82, 2.24) is 9.80 Å². The van der Waals surface area contributed by atoms with Crippen LogP contribution in [0, 0.1) is 0 Å². The lowest BCUT2D eigenvalue weighted by Crippen LogP contribution is -2.33. The monoisotopic (exact) mass is 288 g/mol. The van der Waals surface area contributed by atoms with Crippen LogP contribution in [0.4, 0.5) is 9.59 Å². The van der Waals surface area contributed by atoms with Crippen LogP contribution < -0.4 is 0 Å². The summed E-state index contributed by atoms with van der Waals surface area (Å²) in [6.45, 7) is 0.583. The molecule has 0 aromatic carbocycles. The van der Waals surface area contributed by atoms with Crippen molar-refractivity contribution in [3.05, 3.63) is 23.9 Å². The summed E-state index contributed by atoms with van der Waals surface area (Å²) in [7, 11) is -2.25. The zero-order chi connectivity index (χ0) is 13.3. The number of rotatable bonds is 1. The lowest BCUT2D eigenvalue weighted by Gasteiger charge is -2.19. The number of carbonyl (C=O) groups is 2. The van der Waals surface area contributed by atoms with Gasteiger partial charge in [0, 0.05) is 25.2 Å². The Balaban J connectivity index is 2.17. The van der Waals surface area contributed by atoms with E-state index in [-0.39, 0.29) is 17.8 Å². The molecule has 6 nitrogen and oxygen atoms in total. The summed E-state index contributed by atoms with van der Waals surface area (Å²) in [5, 5.41) is -0.809. The molecule has 0 radical (unpaired) electrons. The minimum absolute atomic E-state index is 0.233. The third-order valence-corrected chi connectivity index (χ3v) is 3.63. The van der Waals surface area contributed by atoms with E-state index >= 15 is 0 Å². The van der Waals surface area contributed by atoms with Gasteiger partial charge in [0.05, 0.1) is 4.86 Å². The minimum Gasteiger partial charge on any atom is -0.292 e. The van der Waals surface area contributed by atoms with Gasteiger partial charge in [-0.05, 0) is 23.8 Å². The van der Waals surface area contributed by atoms with E-state index in [1.54, 1.807) is 6.08 Å². The Labute approximate surface area is 110 Å². The van der Waals surface area contributed by atoms with E-state index in [2.05, 4.69) is 0 Å². The van der Waals surface area contributed by atoms with Gasteiger partial charge < -0.3 is 0 Å². The maximum atomic E-state index is 11.8. The molecular formula is C10H9ClN2O4S. The molecule has 0 spiro atoms. The Morgan fingerprint density at radius 2 is 2.00 bits per heavy atom. The van der Waals surface area contributed by atoms with Gasteiger partial charge in [0.1, 0.15) is 0 Å². The predicted octanol–water partition coefficient (Wildman–Crippen LogP) is 0.978. The molecule has 1 fully saturated rings. The highest BCUT2D eigenvalue weighted by molar-refractivity contribution is 7.73. The highest BCUT2D eigenvalue weighted by Crippen LogP contribution is 2.20. The zero-order valence-corrected chi connectivity index (χ0v) is 10.7. The third-order valence-electron chi connectivity index (χ3n) is 2.70. The lowest BCUT2D eigenvalue weighted by molar-refractivity contribution is 0.201. The van der Waals surface area contributed by atoms with Gasteiger partial charge >= 0.3 is 11.4 Å². The highest BCUT2D eigenvalue weighted by atomic mass is 35.5. The summed E-state index contributed by atoms with van der Waals surface area (Å²) in [6, 6.07) is -0.488. The standard InChI is InChI=1S/C10H9ClN2O4S/c11-9(14)13-6-5-12(10(13)15)7-1-3-8(4-2-7)18(16)17/h1-3H,4-6H2. The lowest BCUT2D eigenvalue weighted by atomic mass is 10.1. The normalized spacial score (nSPS) is 19.3. The number of hydrogen-bond donors (Lipinski definition) is 0. The van der Waals surface area contributed by atoms with E-state index in [1.807, 2.05) is 0 Å². The molecule has 1 aliphatic carbocycles. The van der Waals surface area contributed by atoms with E-state index in [9.17, 15) is 18.0 Å². The molecule has 2 aliphatic rings. The van der Waals surface area contributed by atoms with Crippen LogP contribution in [0.3, 0.4) is 0 Å². The van der Waals surface area contributed by atoms with E-state index in [0.29, 0.717) is 12.2 Å². The third kappa shape index (κ3) is 2.32. The maximum absolute atomic E-state index is 11.8. The SMILES string of the molecule is O=C(Cl)N1CCN(C2=CCC(=S(=O)=O)C=C2)C1=O. The number of amides is 3. The Kier molecular flexibility index (Phi) is 3.53. The van der Waals surface area contributed by atoms with Crippen molar-refractivity contribution < 1.29 is 18.0 Å². The van der Waals surface area contributed by atoms with Crippen molar-refractivity contribution in [2.45, 2.75) is 6.42 Å². The van der Waals surface area contributed by atoms with Crippen LogP contribution in [0.25, 0.3) is 0 Å². The average Bonchev–Trinajstić information content (AvgIpc) is 2.71. The number of imide groups is 1. The number of urea groups is 1. The highest BCUT2D eigenvalue weighted by Gasteiger charge is 2.33. The maximum Gasteiger partial charge on any atom is 0.332 e. The van der Waals surface area contributed by atoms with E-state index in [0.717, 1.165) is 4.90 Å². The first-order chi connectivity index (χ1) is 8.50. The number of halogens is 1. The predicted molar refractivity (Wildman–Crippen MR) is 65.8 cm³/mol. The van der Waals surface area contributed by atoms with Crippen LogP contribution in [-0.2, 0) is 10.3 Å². The largest absolute Gasteiger partial charge is 0.332 e. The fourth-order valence-electron chi connectivity index (χ4n) is 1.78. The summed E-state index contributed by atoms with van der Waals surface area (Å²) in [5.41, 5.74) is 0.578. The number of nitrogens with zero attached hydrogens (tertiary/aromatic N) is 2. The van der Waals surface area contributed by atoms with Gasteiger partial charge in [-0.25, -0.2) is 9.69 Å².